The summed E-state index contributed by atoms with van der Waals surface area (Å²) in [6, 6.07) is 5.53. The zero-order chi connectivity index (χ0) is 12.6. The van der Waals surface area contributed by atoms with Crippen LogP contribution in [0.4, 0.5) is 8.78 Å². The Hall–Kier alpha value is -0.960. The second-order valence-electron chi connectivity index (χ2n) is 5.47. The van der Waals surface area contributed by atoms with Crippen molar-refractivity contribution in [3.8, 4) is 0 Å². The van der Waals surface area contributed by atoms with Gasteiger partial charge in [-0.1, -0.05) is 26.0 Å². The SMILES string of the molecule is CC(C)Cc1ccc2c(c1)C(F)(F)CN(C)C2. The maximum absolute atomic E-state index is 13.9. The average Bonchev–Trinajstić information content (AvgIpc) is 2.17. The second kappa shape index (κ2) is 4.37. The molecule has 0 radical (unpaired) electrons. The van der Waals surface area contributed by atoms with E-state index in [1.165, 1.54) is 0 Å². The summed E-state index contributed by atoms with van der Waals surface area (Å²) in [6.45, 7) is 4.65. The summed E-state index contributed by atoms with van der Waals surface area (Å²) in [5.41, 5.74) is 2.01. The Bertz CT molecular complexity index is 413. The van der Waals surface area contributed by atoms with Crippen molar-refractivity contribution in [3.63, 3.8) is 0 Å². The molecule has 0 saturated carbocycles. The number of likely N-dealkylation sites (N-methyl/N-ethyl adjacent to an activating group) is 1. The van der Waals surface area contributed by atoms with E-state index in [1.807, 2.05) is 12.1 Å². The van der Waals surface area contributed by atoms with Gasteiger partial charge in [-0.2, -0.15) is 8.78 Å². The highest BCUT2D eigenvalue weighted by molar-refractivity contribution is 5.37. The minimum Gasteiger partial charge on any atom is -0.296 e. The lowest BCUT2D eigenvalue weighted by atomic mass is 9.92. The number of fused-ring (bicyclic) bond motifs is 1. The monoisotopic (exact) mass is 239 g/mol. The molecule has 0 atom stereocenters. The molecule has 3 heteroatoms. The van der Waals surface area contributed by atoms with Crippen molar-refractivity contribution in [1.82, 2.24) is 4.90 Å². The van der Waals surface area contributed by atoms with Gasteiger partial charge >= 0.3 is 0 Å². The fourth-order valence-electron chi connectivity index (χ4n) is 2.47. The molecule has 0 N–H and O–H groups in total. The first-order valence-corrected chi connectivity index (χ1v) is 6.07. The molecule has 0 bridgehead atoms. The van der Waals surface area contributed by atoms with E-state index in [4.69, 9.17) is 0 Å². The van der Waals surface area contributed by atoms with E-state index in [0.29, 0.717) is 12.5 Å². The van der Waals surface area contributed by atoms with Crippen LogP contribution in [0.2, 0.25) is 0 Å². The molecule has 2 rings (SSSR count). The molecule has 1 heterocycles. The molecule has 0 fully saturated rings. The van der Waals surface area contributed by atoms with Crippen molar-refractivity contribution in [2.45, 2.75) is 32.7 Å². The van der Waals surface area contributed by atoms with Gasteiger partial charge in [0.25, 0.3) is 5.92 Å². The van der Waals surface area contributed by atoms with Gasteiger partial charge in [-0.3, -0.25) is 4.90 Å². The van der Waals surface area contributed by atoms with Crippen LogP contribution in [0.1, 0.15) is 30.5 Å². The normalized spacial score (nSPS) is 19.4. The van der Waals surface area contributed by atoms with Crippen molar-refractivity contribution in [1.29, 1.82) is 0 Å². The molecular formula is C14H19F2N. The highest BCUT2D eigenvalue weighted by Gasteiger charge is 2.38. The van der Waals surface area contributed by atoms with Crippen LogP contribution < -0.4 is 0 Å². The zero-order valence-corrected chi connectivity index (χ0v) is 10.6. The Morgan fingerprint density at radius 2 is 2.06 bits per heavy atom. The number of hydrogen-bond acceptors (Lipinski definition) is 1. The molecule has 0 saturated heterocycles. The maximum Gasteiger partial charge on any atom is 0.285 e. The smallest absolute Gasteiger partial charge is 0.285 e. The summed E-state index contributed by atoms with van der Waals surface area (Å²) in [5, 5.41) is 0. The Kier molecular flexibility index (Phi) is 3.21. The molecule has 94 valence electrons. The van der Waals surface area contributed by atoms with Gasteiger partial charge in [-0.25, -0.2) is 0 Å². The summed E-state index contributed by atoms with van der Waals surface area (Å²) in [7, 11) is 1.73. The predicted octanol–water partition coefficient (Wildman–Crippen LogP) is 3.42. The maximum atomic E-state index is 13.9. The predicted molar refractivity (Wildman–Crippen MR) is 65.2 cm³/mol. The molecule has 1 aliphatic heterocycles. The van der Waals surface area contributed by atoms with Crippen molar-refractivity contribution in [2.75, 3.05) is 13.6 Å². The van der Waals surface area contributed by atoms with Crippen LogP contribution in [0.25, 0.3) is 0 Å². The van der Waals surface area contributed by atoms with Gasteiger partial charge in [-0.15, -0.1) is 0 Å². The molecule has 0 spiro atoms. The number of halogens is 2. The van der Waals surface area contributed by atoms with Gasteiger partial charge in [0.1, 0.15) is 0 Å². The fraction of sp³-hybridized carbons (Fsp3) is 0.571. The highest BCUT2D eigenvalue weighted by atomic mass is 19.3. The van der Waals surface area contributed by atoms with Gasteiger partial charge in [0.15, 0.2) is 0 Å². The van der Waals surface area contributed by atoms with E-state index in [9.17, 15) is 8.78 Å². The van der Waals surface area contributed by atoms with Crippen molar-refractivity contribution >= 4 is 0 Å². The molecule has 1 aromatic rings. The fourth-order valence-corrected chi connectivity index (χ4v) is 2.47. The van der Waals surface area contributed by atoms with Crippen LogP contribution in [0, 0.1) is 5.92 Å². The largest absolute Gasteiger partial charge is 0.296 e. The summed E-state index contributed by atoms with van der Waals surface area (Å²) in [5.74, 6) is -2.22. The summed E-state index contributed by atoms with van der Waals surface area (Å²) in [6.07, 6.45) is 0.860. The number of alkyl halides is 2. The summed E-state index contributed by atoms with van der Waals surface area (Å²) in [4.78, 5) is 1.67. The van der Waals surface area contributed by atoms with E-state index in [2.05, 4.69) is 13.8 Å². The third-order valence-electron chi connectivity index (χ3n) is 3.12. The van der Waals surface area contributed by atoms with Crippen molar-refractivity contribution in [3.05, 3.63) is 34.9 Å². The number of rotatable bonds is 2. The molecule has 1 aromatic carbocycles. The van der Waals surface area contributed by atoms with Crippen LogP contribution in [0.5, 0.6) is 0 Å². The van der Waals surface area contributed by atoms with Crippen LogP contribution in [-0.2, 0) is 18.9 Å². The van der Waals surface area contributed by atoms with Crippen LogP contribution in [0.3, 0.4) is 0 Å². The number of benzene rings is 1. The van der Waals surface area contributed by atoms with Gasteiger partial charge < -0.3 is 0 Å². The molecule has 1 aliphatic rings. The van der Waals surface area contributed by atoms with Crippen LogP contribution >= 0.6 is 0 Å². The molecule has 0 amide bonds. The third kappa shape index (κ3) is 2.65. The van der Waals surface area contributed by atoms with Crippen LogP contribution in [0.15, 0.2) is 18.2 Å². The molecule has 0 aromatic heterocycles. The Morgan fingerprint density at radius 1 is 1.35 bits per heavy atom. The van der Waals surface area contributed by atoms with Crippen molar-refractivity contribution < 1.29 is 8.78 Å². The lowest BCUT2D eigenvalue weighted by molar-refractivity contribution is -0.0455. The lowest BCUT2D eigenvalue weighted by Gasteiger charge is -2.32. The van der Waals surface area contributed by atoms with Gasteiger partial charge in [0.2, 0.25) is 0 Å². The van der Waals surface area contributed by atoms with Gasteiger partial charge in [0.05, 0.1) is 6.54 Å². The second-order valence-corrected chi connectivity index (χ2v) is 5.47. The van der Waals surface area contributed by atoms with Crippen molar-refractivity contribution in [2.24, 2.45) is 5.92 Å². The average molecular weight is 239 g/mol. The third-order valence-corrected chi connectivity index (χ3v) is 3.12. The first-order chi connectivity index (χ1) is 7.88. The summed E-state index contributed by atoms with van der Waals surface area (Å²) >= 11 is 0. The molecule has 0 unspecified atom stereocenters. The van der Waals surface area contributed by atoms with E-state index >= 15 is 0 Å². The van der Waals surface area contributed by atoms with E-state index < -0.39 is 5.92 Å². The minimum atomic E-state index is -2.71. The standard InChI is InChI=1S/C14H19F2N/c1-10(2)6-11-4-5-12-8-17(3)9-14(15,16)13(12)7-11/h4-5,7,10H,6,8-9H2,1-3H3. The van der Waals surface area contributed by atoms with Gasteiger partial charge in [-0.05, 0) is 36.6 Å². The summed E-state index contributed by atoms with van der Waals surface area (Å²) < 4.78 is 27.8. The molecular weight excluding hydrogens is 220 g/mol. The Labute approximate surface area is 101 Å². The quantitative estimate of drug-likeness (QED) is 0.764. The van der Waals surface area contributed by atoms with E-state index in [-0.39, 0.29) is 12.1 Å². The Morgan fingerprint density at radius 3 is 2.71 bits per heavy atom. The number of nitrogens with zero attached hydrogens (tertiary/aromatic N) is 1. The molecule has 0 aliphatic carbocycles. The minimum absolute atomic E-state index is 0.175. The van der Waals surface area contributed by atoms with E-state index in [1.54, 1.807) is 18.0 Å². The highest BCUT2D eigenvalue weighted by Crippen LogP contribution is 2.36. The van der Waals surface area contributed by atoms with E-state index in [0.717, 1.165) is 17.5 Å². The van der Waals surface area contributed by atoms with Gasteiger partial charge in [0, 0.05) is 12.1 Å². The topological polar surface area (TPSA) is 3.24 Å². The first-order valence-electron chi connectivity index (χ1n) is 6.07. The molecule has 1 nitrogen and oxygen atoms in total. The Balaban J connectivity index is 2.37. The van der Waals surface area contributed by atoms with Crippen LogP contribution in [-0.4, -0.2) is 18.5 Å². The number of hydrogen-bond donors (Lipinski definition) is 0. The lowest BCUT2D eigenvalue weighted by Crippen LogP contribution is -2.38. The zero-order valence-electron chi connectivity index (χ0n) is 10.6. The first kappa shape index (κ1) is 12.5. The molecule has 17 heavy (non-hydrogen) atoms.